The highest BCUT2D eigenvalue weighted by molar-refractivity contribution is 5.69. The van der Waals surface area contributed by atoms with Crippen LogP contribution in [0.15, 0.2) is 23.8 Å². The Hall–Kier alpha value is -1.62. The zero-order chi connectivity index (χ0) is 17.2. The summed E-state index contributed by atoms with van der Waals surface area (Å²) < 4.78 is 16.2. The van der Waals surface area contributed by atoms with Crippen molar-refractivity contribution in [3.63, 3.8) is 0 Å². The molecule has 3 atom stereocenters. The molecular formula is C18H28O5. The molecule has 0 radical (unpaired) electrons. The van der Waals surface area contributed by atoms with Crippen molar-refractivity contribution in [2.24, 2.45) is 5.92 Å². The summed E-state index contributed by atoms with van der Waals surface area (Å²) >= 11 is 0. The van der Waals surface area contributed by atoms with E-state index in [0.29, 0.717) is 6.42 Å². The summed E-state index contributed by atoms with van der Waals surface area (Å²) in [5, 5.41) is 0. The molecule has 1 heterocycles. The third kappa shape index (κ3) is 7.46. The normalized spacial score (nSPS) is 27.6. The molecule has 0 unspecified atom stereocenters. The minimum absolute atomic E-state index is 0.0601. The number of allylic oxidation sites excluding steroid dienone is 1. The summed E-state index contributed by atoms with van der Waals surface area (Å²) in [6.45, 7) is 5.53. The van der Waals surface area contributed by atoms with Crippen molar-refractivity contribution in [1.29, 1.82) is 0 Å². The topological polar surface area (TPSA) is 61.8 Å². The van der Waals surface area contributed by atoms with Gasteiger partial charge in [-0.2, -0.15) is 0 Å². The van der Waals surface area contributed by atoms with Gasteiger partial charge in [-0.3, -0.25) is 9.59 Å². The van der Waals surface area contributed by atoms with E-state index >= 15 is 0 Å². The molecule has 0 N–H and O–H groups in total. The Bertz CT molecular complexity index is 452. The van der Waals surface area contributed by atoms with Gasteiger partial charge in [-0.15, -0.1) is 0 Å². The number of methoxy groups -OCH3 is 1. The SMILES string of the molecule is CO[C@H]1C=CCCCCC(=O)OCC(C)=C[C@@H](C)[C@@H]1OC(C)=O. The second-order valence-electron chi connectivity index (χ2n) is 5.98. The third-order valence-electron chi connectivity index (χ3n) is 3.75. The largest absolute Gasteiger partial charge is 0.461 e. The predicted molar refractivity (Wildman–Crippen MR) is 87.8 cm³/mol. The molecule has 0 fully saturated rings. The van der Waals surface area contributed by atoms with Crippen LogP contribution in [0.4, 0.5) is 0 Å². The van der Waals surface area contributed by atoms with Crippen LogP contribution in [-0.4, -0.2) is 37.9 Å². The molecular weight excluding hydrogens is 296 g/mol. The molecule has 0 saturated heterocycles. The van der Waals surface area contributed by atoms with Crippen LogP contribution in [0.1, 0.15) is 46.5 Å². The van der Waals surface area contributed by atoms with Crippen LogP contribution in [0.2, 0.25) is 0 Å². The lowest BCUT2D eigenvalue weighted by atomic mass is 9.96. The van der Waals surface area contributed by atoms with Gasteiger partial charge in [0.1, 0.15) is 18.8 Å². The first-order chi connectivity index (χ1) is 10.9. The van der Waals surface area contributed by atoms with Crippen molar-refractivity contribution < 1.29 is 23.8 Å². The van der Waals surface area contributed by atoms with Crippen LogP contribution in [0, 0.1) is 5.92 Å². The highest BCUT2D eigenvalue weighted by atomic mass is 16.6. The van der Waals surface area contributed by atoms with Gasteiger partial charge in [0, 0.05) is 26.4 Å². The first-order valence-corrected chi connectivity index (χ1v) is 8.13. The van der Waals surface area contributed by atoms with E-state index < -0.39 is 6.10 Å². The number of cyclic esters (lactones) is 1. The van der Waals surface area contributed by atoms with Crippen LogP contribution in [0.3, 0.4) is 0 Å². The number of esters is 2. The van der Waals surface area contributed by atoms with E-state index in [1.165, 1.54) is 6.92 Å². The maximum atomic E-state index is 11.6. The first kappa shape index (κ1) is 19.4. The average Bonchev–Trinajstić information content (AvgIpc) is 2.49. The molecule has 1 rings (SSSR count). The summed E-state index contributed by atoms with van der Waals surface area (Å²) in [6.07, 6.45) is 8.21. The van der Waals surface area contributed by atoms with Gasteiger partial charge in [0.25, 0.3) is 0 Å². The zero-order valence-corrected chi connectivity index (χ0v) is 14.5. The Balaban J connectivity index is 2.97. The van der Waals surface area contributed by atoms with Gasteiger partial charge in [-0.25, -0.2) is 0 Å². The molecule has 0 spiro atoms. The molecule has 1 aliphatic heterocycles. The van der Waals surface area contributed by atoms with Crippen molar-refractivity contribution in [3.05, 3.63) is 23.8 Å². The molecule has 0 aromatic rings. The van der Waals surface area contributed by atoms with Crippen molar-refractivity contribution in [1.82, 2.24) is 0 Å². The molecule has 1 aliphatic rings. The smallest absolute Gasteiger partial charge is 0.306 e. The minimum Gasteiger partial charge on any atom is -0.461 e. The van der Waals surface area contributed by atoms with E-state index in [-0.39, 0.29) is 30.6 Å². The third-order valence-corrected chi connectivity index (χ3v) is 3.75. The molecule has 5 heteroatoms. The Morgan fingerprint density at radius 3 is 2.74 bits per heavy atom. The van der Waals surface area contributed by atoms with Gasteiger partial charge in [0.05, 0.1) is 0 Å². The van der Waals surface area contributed by atoms with Crippen molar-refractivity contribution >= 4 is 11.9 Å². The molecule has 23 heavy (non-hydrogen) atoms. The van der Waals surface area contributed by atoms with Gasteiger partial charge in [0.2, 0.25) is 0 Å². The highest BCUT2D eigenvalue weighted by Gasteiger charge is 2.27. The van der Waals surface area contributed by atoms with Gasteiger partial charge in [-0.05, 0) is 31.8 Å². The lowest BCUT2D eigenvalue weighted by molar-refractivity contribution is -0.154. The Labute approximate surface area is 138 Å². The molecule has 0 aliphatic carbocycles. The highest BCUT2D eigenvalue weighted by Crippen LogP contribution is 2.20. The summed E-state index contributed by atoms with van der Waals surface area (Å²) in [6, 6.07) is 0. The second-order valence-corrected chi connectivity index (χ2v) is 5.98. The number of carbonyl (C=O) groups is 2. The number of carbonyl (C=O) groups excluding carboxylic acids is 2. The molecule has 0 aromatic heterocycles. The van der Waals surface area contributed by atoms with Crippen LogP contribution < -0.4 is 0 Å². The maximum Gasteiger partial charge on any atom is 0.306 e. The fourth-order valence-corrected chi connectivity index (χ4v) is 2.61. The van der Waals surface area contributed by atoms with E-state index in [2.05, 4.69) is 0 Å². The molecule has 130 valence electrons. The minimum atomic E-state index is -0.414. The van der Waals surface area contributed by atoms with Crippen molar-refractivity contribution in [2.75, 3.05) is 13.7 Å². The van der Waals surface area contributed by atoms with Gasteiger partial charge in [-0.1, -0.05) is 25.2 Å². The van der Waals surface area contributed by atoms with Gasteiger partial charge in [0.15, 0.2) is 0 Å². The second kappa shape index (κ2) is 10.2. The summed E-state index contributed by atoms with van der Waals surface area (Å²) in [5.41, 5.74) is 0.930. The van der Waals surface area contributed by atoms with Crippen LogP contribution >= 0.6 is 0 Å². The summed E-state index contributed by atoms with van der Waals surface area (Å²) in [7, 11) is 1.61. The van der Waals surface area contributed by atoms with Crippen molar-refractivity contribution in [3.8, 4) is 0 Å². The maximum absolute atomic E-state index is 11.6. The molecule has 0 bridgehead atoms. The van der Waals surface area contributed by atoms with E-state index in [1.807, 2.05) is 32.1 Å². The number of ether oxygens (including phenoxy) is 3. The first-order valence-electron chi connectivity index (χ1n) is 8.13. The summed E-state index contributed by atoms with van der Waals surface area (Å²) in [5.74, 6) is -0.566. The Kier molecular flexibility index (Phi) is 8.62. The molecule has 0 saturated carbocycles. The van der Waals surface area contributed by atoms with Crippen LogP contribution in [0.25, 0.3) is 0 Å². The van der Waals surface area contributed by atoms with Gasteiger partial charge >= 0.3 is 11.9 Å². The average molecular weight is 324 g/mol. The summed E-state index contributed by atoms with van der Waals surface area (Å²) in [4.78, 5) is 23.1. The molecule has 0 aromatic carbocycles. The molecule has 0 amide bonds. The number of rotatable bonds is 2. The van der Waals surface area contributed by atoms with E-state index in [4.69, 9.17) is 14.2 Å². The lowest BCUT2D eigenvalue weighted by Gasteiger charge is -2.27. The quantitative estimate of drug-likeness (QED) is 0.576. The van der Waals surface area contributed by atoms with E-state index in [0.717, 1.165) is 24.8 Å². The number of hydrogen-bond acceptors (Lipinski definition) is 5. The Morgan fingerprint density at radius 1 is 1.35 bits per heavy atom. The molecule has 5 nitrogen and oxygen atoms in total. The fraction of sp³-hybridized carbons (Fsp3) is 0.667. The monoisotopic (exact) mass is 324 g/mol. The fourth-order valence-electron chi connectivity index (χ4n) is 2.61. The van der Waals surface area contributed by atoms with Crippen molar-refractivity contribution in [2.45, 2.75) is 58.7 Å². The van der Waals surface area contributed by atoms with Crippen LogP contribution in [-0.2, 0) is 23.8 Å². The Morgan fingerprint density at radius 2 is 2.09 bits per heavy atom. The standard InChI is InChI=1S/C18H28O5/c1-13-11-14(2)18(23-15(3)19)16(21-4)9-7-5-6-8-10-17(20)22-12-13/h7,9,11,14,16,18H,5-6,8,10,12H2,1-4H3/t14-,16+,18+/m1/s1. The predicted octanol–water partition coefficient (Wildman–Crippen LogP) is 3.19. The van der Waals surface area contributed by atoms with E-state index in [1.54, 1.807) is 7.11 Å². The lowest BCUT2D eigenvalue weighted by Crippen LogP contribution is -2.36. The van der Waals surface area contributed by atoms with Crippen LogP contribution in [0.5, 0.6) is 0 Å². The van der Waals surface area contributed by atoms with E-state index in [9.17, 15) is 9.59 Å². The zero-order valence-electron chi connectivity index (χ0n) is 14.5. The van der Waals surface area contributed by atoms with Gasteiger partial charge < -0.3 is 14.2 Å². The number of hydrogen-bond donors (Lipinski definition) is 0.